The third-order valence-corrected chi connectivity index (χ3v) is 5.51. The van der Waals surface area contributed by atoms with E-state index in [0.29, 0.717) is 10.8 Å². The molecular formula is C14H27NO2. The van der Waals surface area contributed by atoms with Crippen molar-refractivity contribution in [3.8, 4) is 0 Å². The molecule has 0 radical (unpaired) electrons. The van der Waals surface area contributed by atoms with Gasteiger partial charge in [-0.3, -0.25) is 0 Å². The minimum Gasteiger partial charge on any atom is -0.383 e. The lowest BCUT2D eigenvalue weighted by atomic mass is 9.83. The molecule has 0 aromatic rings. The highest BCUT2D eigenvalue weighted by atomic mass is 16.5. The summed E-state index contributed by atoms with van der Waals surface area (Å²) in [6.45, 7) is 12.1. The number of nitrogens with one attached hydrogen (secondary N) is 1. The van der Waals surface area contributed by atoms with Gasteiger partial charge in [0.2, 0.25) is 0 Å². The summed E-state index contributed by atoms with van der Waals surface area (Å²) in [5.74, 6) is 1.53. The van der Waals surface area contributed by atoms with Crippen molar-refractivity contribution >= 4 is 0 Å². The van der Waals surface area contributed by atoms with Crippen molar-refractivity contribution in [1.82, 2.24) is 5.32 Å². The van der Waals surface area contributed by atoms with E-state index in [9.17, 15) is 0 Å². The Morgan fingerprint density at radius 2 is 2.12 bits per heavy atom. The lowest BCUT2D eigenvalue weighted by Gasteiger charge is -2.21. The SMILES string of the molecule is COCCNCC1C(C)(C)C1(C)C1CCOC1. The van der Waals surface area contributed by atoms with Gasteiger partial charge in [-0.05, 0) is 35.6 Å². The Kier molecular flexibility index (Phi) is 3.81. The van der Waals surface area contributed by atoms with Gasteiger partial charge in [0, 0.05) is 20.3 Å². The van der Waals surface area contributed by atoms with Crippen LogP contribution < -0.4 is 5.32 Å². The topological polar surface area (TPSA) is 30.5 Å². The van der Waals surface area contributed by atoms with Crippen molar-refractivity contribution in [3.63, 3.8) is 0 Å². The fourth-order valence-corrected chi connectivity index (χ4v) is 3.84. The van der Waals surface area contributed by atoms with E-state index in [1.165, 1.54) is 6.42 Å². The molecule has 0 amide bonds. The minimum absolute atomic E-state index is 0.450. The van der Waals surface area contributed by atoms with Crippen LogP contribution in [0.4, 0.5) is 0 Å². The van der Waals surface area contributed by atoms with Gasteiger partial charge in [0.25, 0.3) is 0 Å². The smallest absolute Gasteiger partial charge is 0.0587 e. The standard InChI is InChI=1S/C14H27NO2/c1-13(2)12(9-15-6-8-16-4)14(13,3)11-5-7-17-10-11/h11-12,15H,5-10H2,1-4H3. The summed E-state index contributed by atoms with van der Waals surface area (Å²) >= 11 is 0. The second-order valence-electron chi connectivity index (χ2n) is 6.31. The van der Waals surface area contributed by atoms with Crippen molar-refractivity contribution in [2.75, 3.05) is 40.0 Å². The molecule has 2 fully saturated rings. The highest BCUT2D eigenvalue weighted by Crippen LogP contribution is 2.72. The molecule has 1 N–H and O–H groups in total. The van der Waals surface area contributed by atoms with Gasteiger partial charge in [0.1, 0.15) is 0 Å². The molecule has 3 heteroatoms. The van der Waals surface area contributed by atoms with Gasteiger partial charge in [-0.15, -0.1) is 0 Å². The van der Waals surface area contributed by atoms with Crippen LogP contribution in [-0.2, 0) is 9.47 Å². The van der Waals surface area contributed by atoms with Crippen molar-refractivity contribution in [2.45, 2.75) is 27.2 Å². The largest absolute Gasteiger partial charge is 0.383 e. The molecule has 17 heavy (non-hydrogen) atoms. The first kappa shape index (κ1) is 13.3. The molecule has 0 bridgehead atoms. The Balaban J connectivity index is 1.86. The molecule has 0 aromatic carbocycles. The second kappa shape index (κ2) is 4.87. The molecule has 3 nitrogen and oxygen atoms in total. The number of ether oxygens (including phenoxy) is 2. The monoisotopic (exact) mass is 241 g/mol. The van der Waals surface area contributed by atoms with E-state index in [-0.39, 0.29) is 0 Å². The molecule has 0 spiro atoms. The molecule has 1 saturated carbocycles. The van der Waals surface area contributed by atoms with Gasteiger partial charge in [-0.1, -0.05) is 20.8 Å². The second-order valence-corrected chi connectivity index (χ2v) is 6.31. The lowest BCUT2D eigenvalue weighted by Crippen LogP contribution is -2.25. The summed E-state index contributed by atoms with van der Waals surface area (Å²) in [5.41, 5.74) is 0.912. The highest BCUT2D eigenvalue weighted by Gasteiger charge is 2.70. The maximum Gasteiger partial charge on any atom is 0.0587 e. The molecule has 100 valence electrons. The summed E-state index contributed by atoms with van der Waals surface area (Å²) in [4.78, 5) is 0. The zero-order valence-corrected chi connectivity index (χ0v) is 11.7. The van der Waals surface area contributed by atoms with Crippen molar-refractivity contribution in [2.24, 2.45) is 22.7 Å². The average molecular weight is 241 g/mol. The summed E-state index contributed by atoms with van der Waals surface area (Å²) in [5, 5.41) is 3.52. The first-order chi connectivity index (χ1) is 8.05. The van der Waals surface area contributed by atoms with E-state index >= 15 is 0 Å². The Hall–Kier alpha value is -0.120. The van der Waals surface area contributed by atoms with Crippen LogP contribution in [0.1, 0.15) is 27.2 Å². The van der Waals surface area contributed by atoms with Gasteiger partial charge >= 0.3 is 0 Å². The lowest BCUT2D eigenvalue weighted by molar-refractivity contribution is 0.158. The van der Waals surface area contributed by atoms with Crippen molar-refractivity contribution in [1.29, 1.82) is 0 Å². The van der Waals surface area contributed by atoms with Crippen LogP contribution >= 0.6 is 0 Å². The van der Waals surface area contributed by atoms with Crippen LogP contribution in [0, 0.1) is 22.7 Å². The van der Waals surface area contributed by atoms with Crippen LogP contribution in [-0.4, -0.2) is 40.0 Å². The first-order valence-corrected chi connectivity index (χ1v) is 6.82. The van der Waals surface area contributed by atoms with Crippen LogP contribution in [0.3, 0.4) is 0 Å². The Labute approximate surface area is 105 Å². The molecule has 0 aromatic heterocycles. The zero-order chi connectivity index (χ0) is 12.5. The maximum atomic E-state index is 5.57. The Morgan fingerprint density at radius 3 is 2.71 bits per heavy atom. The molecule has 2 aliphatic rings. The fraction of sp³-hybridized carbons (Fsp3) is 1.00. The van der Waals surface area contributed by atoms with E-state index < -0.39 is 0 Å². The third-order valence-electron chi connectivity index (χ3n) is 5.51. The molecule has 1 heterocycles. The summed E-state index contributed by atoms with van der Waals surface area (Å²) in [7, 11) is 1.75. The maximum absolute atomic E-state index is 5.57. The van der Waals surface area contributed by atoms with Gasteiger partial charge in [0.05, 0.1) is 13.2 Å². The molecular weight excluding hydrogens is 214 g/mol. The number of rotatable bonds is 6. The highest BCUT2D eigenvalue weighted by molar-refractivity contribution is 5.18. The molecule has 2 rings (SSSR count). The van der Waals surface area contributed by atoms with E-state index in [4.69, 9.17) is 9.47 Å². The zero-order valence-electron chi connectivity index (χ0n) is 11.7. The van der Waals surface area contributed by atoms with Gasteiger partial charge < -0.3 is 14.8 Å². The Morgan fingerprint density at radius 1 is 1.35 bits per heavy atom. The molecule has 1 aliphatic heterocycles. The first-order valence-electron chi connectivity index (χ1n) is 6.82. The number of methoxy groups -OCH3 is 1. The third kappa shape index (κ3) is 2.13. The van der Waals surface area contributed by atoms with Crippen molar-refractivity contribution in [3.05, 3.63) is 0 Å². The van der Waals surface area contributed by atoms with Crippen LogP contribution in [0.5, 0.6) is 0 Å². The molecule has 1 saturated heterocycles. The number of hydrogen-bond acceptors (Lipinski definition) is 3. The van der Waals surface area contributed by atoms with Crippen LogP contribution in [0.15, 0.2) is 0 Å². The van der Waals surface area contributed by atoms with Gasteiger partial charge in [-0.25, -0.2) is 0 Å². The molecule has 1 aliphatic carbocycles. The average Bonchev–Trinajstić information content (AvgIpc) is 2.73. The van der Waals surface area contributed by atoms with E-state index in [2.05, 4.69) is 26.1 Å². The summed E-state index contributed by atoms with van der Waals surface area (Å²) < 4.78 is 10.6. The predicted molar refractivity (Wildman–Crippen MR) is 69.0 cm³/mol. The fourth-order valence-electron chi connectivity index (χ4n) is 3.84. The van der Waals surface area contributed by atoms with Gasteiger partial charge in [-0.2, -0.15) is 0 Å². The summed E-state index contributed by atoms with van der Waals surface area (Å²) in [6.07, 6.45) is 1.24. The van der Waals surface area contributed by atoms with Crippen molar-refractivity contribution < 1.29 is 9.47 Å². The van der Waals surface area contributed by atoms with E-state index in [1.54, 1.807) is 7.11 Å². The van der Waals surface area contributed by atoms with E-state index in [0.717, 1.165) is 44.7 Å². The number of hydrogen-bond donors (Lipinski definition) is 1. The van der Waals surface area contributed by atoms with Gasteiger partial charge in [0.15, 0.2) is 0 Å². The summed E-state index contributed by atoms with van der Waals surface area (Å²) in [6, 6.07) is 0. The Bertz CT molecular complexity index is 261. The predicted octanol–water partition coefficient (Wildman–Crippen LogP) is 1.92. The normalized spacial score (nSPS) is 39.5. The quantitative estimate of drug-likeness (QED) is 0.721. The van der Waals surface area contributed by atoms with Crippen LogP contribution in [0.2, 0.25) is 0 Å². The molecule has 3 atom stereocenters. The molecule has 3 unspecified atom stereocenters. The van der Waals surface area contributed by atoms with E-state index in [1.807, 2.05) is 0 Å². The van der Waals surface area contributed by atoms with Crippen LogP contribution in [0.25, 0.3) is 0 Å². The minimum atomic E-state index is 0.450.